The summed E-state index contributed by atoms with van der Waals surface area (Å²) in [6, 6.07) is 31.9. The molecule has 0 fully saturated rings. The van der Waals surface area contributed by atoms with Crippen molar-refractivity contribution < 1.29 is 9.41 Å². The minimum absolute atomic E-state index is 0.704. The highest BCUT2D eigenvalue weighted by molar-refractivity contribution is 5.62. The van der Waals surface area contributed by atoms with Gasteiger partial charge in [-0.25, -0.2) is 4.99 Å². The number of anilines is 1. The van der Waals surface area contributed by atoms with Gasteiger partial charge in [0.2, 0.25) is 11.0 Å². The summed E-state index contributed by atoms with van der Waals surface area (Å²) in [5.41, 5.74) is 9.70. The molecular weight excluding hydrogens is 320 g/mol. The molecule has 0 unspecified atom stereocenters. The van der Waals surface area contributed by atoms with Crippen LogP contribution in [0.25, 0.3) is 22.6 Å². The van der Waals surface area contributed by atoms with Crippen molar-refractivity contribution in [1.82, 2.24) is 0 Å². The number of rotatable bonds is 3. The molecule has 3 nitrogen and oxygen atoms in total. The predicted octanol–water partition coefficient (Wildman–Crippen LogP) is 3.51. The first-order valence-electron chi connectivity index (χ1n) is 8.50. The molecule has 26 heavy (non-hydrogen) atoms. The van der Waals surface area contributed by atoms with Gasteiger partial charge in [0, 0.05) is 17.2 Å². The monoisotopic (exact) mass is 339 g/mol. The van der Waals surface area contributed by atoms with Crippen LogP contribution in [0.15, 0.2) is 101 Å². The van der Waals surface area contributed by atoms with E-state index in [9.17, 15) is 0 Å². The van der Waals surface area contributed by atoms with Crippen molar-refractivity contribution in [2.45, 2.75) is 0 Å². The number of nitrogens with two attached hydrogens (primary N) is 1. The van der Waals surface area contributed by atoms with Gasteiger partial charge >= 0.3 is 0 Å². The Bertz CT molecular complexity index is 1020. The van der Waals surface area contributed by atoms with Gasteiger partial charge in [0.1, 0.15) is 17.2 Å². The second kappa shape index (κ2) is 7.11. The van der Waals surface area contributed by atoms with Crippen molar-refractivity contribution >= 4 is 11.4 Å². The molecule has 0 radical (unpaired) electrons. The lowest BCUT2D eigenvalue weighted by atomic mass is 10.1. The van der Waals surface area contributed by atoms with E-state index in [4.69, 9.17) is 10.2 Å². The second-order valence-corrected chi connectivity index (χ2v) is 6.02. The average Bonchev–Trinajstić information content (AvgIpc) is 2.71. The fraction of sp³-hybridized carbons (Fsp3) is 0. The number of benzene rings is 3. The van der Waals surface area contributed by atoms with Crippen molar-refractivity contribution in [2.24, 2.45) is 0 Å². The van der Waals surface area contributed by atoms with E-state index >= 15 is 0 Å². The van der Waals surface area contributed by atoms with Gasteiger partial charge in [0.15, 0.2) is 0 Å². The van der Waals surface area contributed by atoms with Gasteiger partial charge in [-0.2, -0.15) is 0 Å². The normalized spacial score (nSPS) is 10.5. The number of hydrogen-bond donors (Lipinski definition) is 2. The Labute approximate surface area is 152 Å². The van der Waals surface area contributed by atoms with Gasteiger partial charge in [-0.15, -0.1) is 0 Å². The van der Waals surface area contributed by atoms with Crippen LogP contribution in [-0.4, -0.2) is 0 Å². The molecule has 1 heterocycles. The van der Waals surface area contributed by atoms with E-state index in [2.05, 4.69) is 4.99 Å². The van der Waals surface area contributed by atoms with Gasteiger partial charge in [-0.3, -0.25) is 0 Å². The van der Waals surface area contributed by atoms with E-state index in [-0.39, 0.29) is 0 Å². The molecule has 0 aliphatic heterocycles. The molecule has 0 atom stereocenters. The first kappa shape index (κ1) is 15.9. The van der Waals surface area contributed by atoms with Crippen LogP contribution in [-0.2, 0) is 0 Å². The molecule has 1 aromatic heterocycles. The Morgan fingerprint density at radius 1 is 0.615 bits per heavy atom. The van der Waals surface area contributed by atoms with Crippen molar-refractivity contribution in [3.63, 3.8) is 0 Å². The first-order valence-corrected chi connectivity index (χ1v) is 8.50. The van der Waals surface area contributed by atoms with E-state index in [1.165, 1.54) is 0 Å². The molecule has 3 heteroatoms. The van der Waals surface area contributed by atoms with E-state index in [1.54, 1.807) is 0 Å². The standard InChI is InChI=1S/C23H18N2O/c24-20-13-7-8-14-21(20)25-19-15-22(17-9-3-1-4-10-17)26-23(16-19)18-11-5-2-6-12-18/h1-16H,24H2/p+1. The Morgan fingerprint density at radius 3 is 1.65 bits per heavy atom. The molecular formula is C23H19N2O+. The van der Waals surface area contributed by atoms with Crippen LogP contribution in [0.1, 0.15) is 0 Å². The second-order valence-electron chi connectivity index (χ2n) is 6.02. The summed E-state index contributed by atoms with van der Waals surface area (Å²) in [6.07, 6.45) is 0. The molecule has 0 aliphatic rings. The zero-order valence-electron chi connectivity index (χ0n) is 14.2. The summed E-state index contributed by atoms with van der Waals surface area (Å²) in [7, 11) is 0. The maximum absolute atomic E-state index is 6.19. The van der Waals surface area contributed by atoms with Gasteiger partial charge in [0.05, 0.1) is 12.1 Å². The highest BCUT2D eigenvalue weighted by atomic mass is 16.3. The molecule has 0 saturated carbocycles. The first-order chi connectivity index (χ1) is 12.8. The summed E-state index contributed by atoms with van der Waals surface area (Å²) in [5.74, 6) is 1.59. The Morgan fingerprint density at radius 2 is 1.12 bits per heavy atom. The summed E-state index contributed by atoms with van der Waals surface area (Å²) < 4.78 is 6.19. The van der Waals surface area contributed by atoms with Gasteiger partial charge in [-0.05, 0) is 6.07 Å². The van der Waals surface area contributed by atoms with Crippen LogP contribution in [0.5, 0.6) is 0 Å². The molecule has 4 aromatic rings. The SMILES string of the molecule is Nc1ccccc1[NH+]=c1cc(-c2ccccc2)oc(-c2ccccc2)c1. The number of hydrogen-bond acceptors (Lipinski definition) is 2. The minimum Gasteiger partial charge on any atom is -0.456 e. The quantitative estimate of drug-likeness (QED) is 0.561. The van der Waals surface area contributed by atoms with Crippen molar-refractivity contribution in [1.29, 1.82) is 0 Å². The molecule has 0 aliphatic carbocycles. The third-order valence-electron chi connectivity index (χ3n) is 4.15. The lowest BCUT2D eigenvalue weighted by Gasteiger charge is -2.05. The third kappa shape index (κ3) is 3.42. The van der Waals surface area contributed by atoms with Crippen LogP contribution < -0.4 is 16.1 Å². The van der Waals surface area contributed by atoms with Gasteiger partial charge < -0.3 is 10.2 Å². The van der Waals surface area contributed by atoms with E-state index < -0.39 is 0 Å². The van der Waals surface area contributed by atoms with Crippen LogP contribution in [0.3, 0.4) is 0 Å². The van der Waals surface area contributed by atoms with Crippen LogP contribution >= 0.6 is 0 Å². The number of para-hydroxylation sites is 2. The van der Waals surface area contributed by atoms with E-state index in [0.29, 0.717) is 5.69 Å². The van der Waals surface area contributed by atoms with Crippen molar-refractivity contribution in [3.05, 3.63) is 102 Å². The Hall–Kier alpha value is -3.59. The summed E-state index contributed by atoms with van der Waals surface area (Å²) in [4.78, 5) is 3.41. The molecule has 4 rings (SSSR count). The number of nitrogen functional groups attached to an aromatic ring is 1. The highest BCUT2D eigenvalue weighted by Gasteiger charge is 2.09. The van der Waals surface area contributed by atoms with Gasteiger partial charge in [-0.1, -0.05) is 72.8 Å². The smallest absolute Gasteiger partial charge is 0.227 e. The summed E-state index contributed by atoms with van der Waals surface area (Å²) >= 11 is 0. The Kier molecular flexibility index (Phi) is 4.35. The molecule has 3 aromatic carbocycles. The number of nitrogens with one attached hydrogen (secondary N) is 1. The maximum atomic E-state index is 6.19. The summed E-state index contributed by atoms with van der Waals surface area (Å²) in [6.45, 7) is 0. The van der Waals surface area contributed by atoms with Crippen LogP contribution in [0, 0.1) is 0 Å². The van der Waals surface area contributed by atoms with Crippen LogP contribution in [0.2, 0.25) is 0 Å². The maximum Gasteiger partial charge on any atom is 0.227 e. The zero-order valence-corrected chi connectivity index (χ0v) is 14.2. The molecule has 0 spiro atoms. The fourth-order valence-corrected chi connectivity index (χ4v) is 2.83. The third-order valence-corrected chi connectivity index (χ3v) is 4.15. The van der Waals surface area contributed by atoms with Crippen molar-refractivity contribution in [2.75, 3.05) is 5.73 Å². The van der Waals surface area contributed by atoms with Crippen LogP contribution in [0.4, 0.5) is 11.4 Å². The molecule has 0 amide bonds. The highest BCUT2D eigenvalue weighted by Crippen LogP contribution is 2.24. The topological polar surface area (TPSA) is 53.1 Å². The predicted molar refractivity (Wildman–Crippen MR) is 104 cm³/mol. The van der Waals surface area contributed by atoms with Crippen molar-refractivity contribution in [3.8, 4) is 22.6 Å². The molecule has 0 bridgehead atoms. The molecule has 0 saturated heterocycles. The molecule has 126 valence electrons. The van der Waals surface area contributed by atoms with E-state index in [1.807, 2.05) is 97.1 Å². The van der Waals surface area contributed by atoms with Gasteiger partial charge in [0.25, 0.3) is 0 Å². The Balaban J connectivity index is 1.93. The van der Waals surface area contributed by atoms with E-state index in [0.717, 1.165) is 33.7 Å². The largest absolute Gasteiger partial charge is 0.456 e. The average molecular weight is 339 g/mol. The minimum atomic E-state index is 0.704. The lowest BCUT2D eigenvalue weighted by molar-refractivity contribution is -0.401. The fourth-order valence-electron chi connectivity index (χ4n) is 2.83. The molecule has 3 N–H and O–H groups in total. The summed E-state index contributed by atoms with van der Waals surface area (Å²) in [5, 5.41) is 0.923. The zero-order chi connectivity index (χ0) is 17.8. The lowest BCUT2D eigenvalue weighted by Crippen LogP contribution is -2.70.